The van der Waals surface area contributed by atoms with Gasteiger partial charge < -0.3 is 0 Å². The number of carbonyl (C=O) groups is 2. The predicted octanol–water partition coefficient (Wildman–Crippen LogP) is 7.16. The Morgan fingerprint density at radius 1 is 0.781 bits per heavy atom. The predicted molar refractivity (Wildman–Crippen MR) is 133 cm³/mol. The summed E-state index contributed by atoms with van der Waals surface area (Å²) in [6, 6.07) is 25.2. The molecular formula is C30H28O2. The molecule has 32 heavy (non-hydrogen) atoms. The van der Waals surface area contributed by atoms with Crippen LogP contribution in [0.1, 0.15) is 42.3 Å². The lowest BCUT2D eigenvalue weighted by atomic mass is 9.97. The number of Topliss-reactive ketones (excluding diaryl/α,β-unsaturated/α-hetero) is 1. The molecule has 3 aromatic rings. The number of ketones is 2. The molecule has 0 radical (unpaired) electrons. The van der Waals surface area contributed by atoms with Gasteiger partial charge in [-0.15, -0.1) is 0 Å². The van der Waals surface area contributed by atoms with E-state index in [9.17, 15) is 9.59 Å². The third kappa shape index (κ3) is 5.89. The van der Waals surface area contributed by atoms with Gasteiger partial charge in [-0.25, -0.2) is 0 Å². The summed E-state index contributed by atoms with van der Waals surface area (Å²) in [5, 5.41) is 0. The molecule has 0 bridgehead atoms. The third-order valence-corrected chi connectivity index (χ3v) is 5.46. The molecule has 0 aromatic heterocycles. The molecule has 2 heteroatoms. The molecule has 0 heterocycles. The zero-order chi connectivity index (χ0) is 23.1. The van der Waals surface area contributed by atoms with Crippen molar-refractivity contribution in [1.29, 1.82) is 0 Å². The fourth-order valence-corrected chi connectivity index (χ4v) is 3.32. The molecule has 0 aliphatic carbocycles. The summed E-state index contributed by atoms with van der Waals surface area (Å²) in [4.78, 5) is 24.7. The Bertz CT molecular complexity index is 1190. The van der Waals surface area contributed by atoms with E-state index in [2.05, 4.69) is 30.8 Å². The number of allylic oxidation sites excluding steroid dienone is 5. The normalized spacial score (nSPS) is 11.8. The van der Waals surface area contributed by atoms with Crippen molar-refractivity contribution in [3.05, 3.63) is 131 Å². The largest absolute Gasteiger partial charge is 0.295 e. The van der Waals surface area contributed by atoms with Crippen LogP contribution in [0.4, 0.5) is 0 Å². The Morgan fingerprint density at radius 2 is 1.44 bits per heavy atom. The minimum Gasteiger partial charge on any atom is -0.295 e. The van der Waals surface area contributed by atoms with E-state index in [1.807, 2.05) is 80.6 Å². The molecule has 3 rings (SSSR count). The molecule has 0 saturated heterocycles. The molecule has 0 unspecified atom stereocenters. The Balaban J connectivity index is 1.79. The molecule has 0 N–H and O–H groups in total. The van der Waals surface area contributed by atoms with E-state index in [4.69, 9.17) is 0 Å². The van der Waals surface area contributed by atoms with Crippen molar-refractivity contribution in [1.82, 2.24) is 0 Å². The van der Waals surface area contributed by atoms with Crippen LogP contribution in [0.5, 0.6) is 0 Å². The van der Waals surface area contributed by atoms with Gasteiger partial charge in [0.1, 0.15) is 0 Å². The van der Waals surface area contributed by atoms with Crippen LogP contribution in [0.25, 0.3) is 11.1 Å². The minimum absolute atomic E-state index is 0.0177. The Labute approximate surface area is 190 Å². The molecule has 3 aromatic carbocycles. The van der Waals surface area contributed by atoms with Gasteiger partial charge in [-0.2, -0.15) is 0 Å². The number of hydrogen-bond acceptors (Lipinski definition) is 2. The molecule has 0 aliphatic rings. The quantitative estimate of drug-likeness (QED) is 0.220. The molecule has 2 nitrogen and oxygen atoms in total. The van der Waals surface area contributed by atoms with E-state index in [0.717, 1.165) is 27.8 Å². The Morgan fingerprint density at radius 3 is 2.06 bits per heavy atom. The van der Waals surface area contributed by atoms with Crippen molar-refractivity contribution in [2.45, 2.75) is 27.2 Å². The highest BCUT2D eigenvalue weighted by Crippen LogP contribution is 2.23. The molecule has 0 atom stereocenters. The monoisotopic (exact) mass is 420 g/mol. The van der Waals surface area contributed by atoms with E-state index in [1.54, 1.807) is 6.92 Å². The smallest absolute Gasteiger partial charge is 0.193 e. The van der Waals surface area contributed by atoms with Crippen LogP contribution in [-0.2, 0) is 11.2 Å². The van der Waals surface area contributed by atoms with Crippen molar-refractivity contribution in [2.75, 3.05) is 0 Å². The third-order valence-electron chi connectivity index (χ3n) is 5.46. The maximum Gasteiger partial charge on any atom is 0.193 e. The molecule has 0 aliphatic heterocycles. The number of carbonyl (C=O) groups excluding carboxylic acids is 2. The van der Waals surface area contributed by atoms with Crippen LogP contribution < -0.4 is 0 Å². The highest BCUT2D eigenvalue weighted by atomic mass is 16.1. The summed E-state index contributed by atoms with van der Waals surface area (Å²) in [5.41, 5.74) is 7.17. The molecule has 160 valence electrons. The van der Waals surface area contributed by atoms with Crippen LogP contribution in [-0.4, -0.2) is 11.6 Å². The molecule has 0 fully saturated rings. The highest BCUT2D eigenvalue weighted by Gasteiger charge is 2.10. The summed E-state index contributed by atoms with van der Waals surface area (Å²) in [6.45, 7) is 9.41. The van der Waals surface area contributed by atoms with Gasteiger partial charge in [0.15, 0.2) is 11.6 Å². The lowest BCUT2D eigenvalue weighted by molar-refractivity contribution is -0.113. The van der Waals surface area contributed by atoms with Gasteiger partial charge in [0.25, 0.3) is 0 Å². The number of hydrogen-bond donors (Lipinski definition) is 0. The second-order valence-corrected chi connectivity index (χ2v) is 8.00. The van der Waals surface area contributed by atoms with E-state index in [-0.39, 0.29) is 11.6 Å². The van der Waals surface area contributed by atoms with Crippen molar-refractivity contribution in [3.63, 3.8) is 0 Å². The van der Waals surface area contributed by atoms with E-state index >= 15 is 0 Å². The SMILES string of the molecule is C=C(C)C(C)=CC(=CCc1ccc(-c2cccc(C(=O)c3ccccc3)c2)cc1)C(C)=O. The molecule has 0 saturated carbocycles. The lowest BCUT2D eigenvalue weighted by Crippen LogP contribution is -2.00. The van der Waals surface area contributed by atoms with Crippen LogP contribution in [0.15, 0.2) is 114 Å². The van der Waals surface area contributed by atoms with Crippen molar-refractivity contribution < 1.29 is 9.59 Å². The Kier molecular flexibility index (Phi) is 7.51. The minimum atomic E-state index is 0.0177. The molecule has 0 amide bonds. The van der Waals surface area contributed by atoms with Gasteiger partial charge in [0.05, 0.1) is 0 Å². The van der Waals surface area contributed by atoms with E-state index in [1.165, 1.54) is 0 Å². The first-order chi connectivity index (χ1) is 15.3. The fraction of sp³-hybridized carbons (Fsp3) is 0.133. The maximum atomic E-state index is 12.8. The second kappa shape index (κ2) is 10.5. The second-order valence-electron chi connectivity index (χ2n) is 8.00. The van der Waals surface area contributed by atoms with Crippen molar-refractivity contribution >= 4 is 11.6 Å². The molecular weight excluding hydrogens is 392 g/mol. The van der Waals surface area contributed by atoms with Crippen LogP contribution in [0.3, 0.4) is 0 Å². The first kappa shape index (κ1) is 22.9. The van der Waals surface area contributed by atoms with Crippen LogP contribution in [0.2, 0.25) is 0 Å². The van der Waals surface area contributed by atoms with Crippen molar-refractivity contribution in [2.24, 2.45) is 0 Å². The maximum absolute atomic E-state index is 12.8. The summed E-state index contributed by atoms with van der Waals surface area (Å²) >= 11 is 0. The van der Waals surface area contributed by atoms with E-state index in [0.29, 0.717) is 23.1 Å². The van der Waals surface area contributed by atoms with E-state index < -0.39 is 0 Å². The van der Waals surface area contributed by atoms with Gasteiger partial charge in [-0.05, 0) is 61.6 Å². The van der Waals surface area contributed by atoms with Gasteiger partial charge in [0, 0.05) is 16.7 Å². The zero-order valence-corrected chi connectivity index (χ0v) is 18.9. The standard InChI is InChI=1S/C30H28O2/c1-21(2)22(3)19-27(23(4)31)18-15-24-13-16-25(17-14-24)28-11-8-12-29(20-28)30(32)26-9-6-5-7-10-26/h5-14,16-20H,1,15H2,2-4H3. The first-order valence-electron chi connectivity index (χ1n) is 10.7. The average molecular weight is 421 g/mol. The molecule has 0 spiro atoms. The fourth-order valence-electron chi connectivity index (χ4n) is 3.32. The number of rotatable bonds is 8. The van der Waals surface area contributed by atoms with Crippen LogP contribution >= 0.6 is 0 Å². The number of benzene rings is 3. The summed E-state index contributed by atoms with van der Waals surface area (Å²) in [5.74, 6) is 0.0613. The summed E-state index contributed by atoms with van der Waals surface area (Å²) < 4.78 is 0. The summed E-state index contributed by atoms with van der Waals surface area (Å²) in [6.07, 6.45) is 4.53. The van der Waals surface area contributed by atoms with Gasteiger partial charge in [-0.3, -0.25) is 9.59 Å². The van der Waals surface area contributed by atoms with Crippen molar-refractivity contribution in [3.8, 4) is 11.1 Å². The first-order valence-corrected chi connectivity index (χ1v) is 10.7. The van der Waals surface area contributed by atoms with Crippen LogP contribution in [0, 0.1) is 0 Å². The topological polar surface area (TPSA) is 34.1 Å². The zero-order valence-electron chi connectivity index (χ0n) is 18.9. The highest BCUT2D eigenvalue weighted by molar-refractivity contribution is 6.09. The van der Waals surface area contributed by atoms with Gasteiger partial charge in [0.2, 0.25) is 0 Å². The van der Waals surface area contributed by atoms with Gasteiger partial charge in [-0.1, -0.05) is 91.0 Å². The lowest BCUT2D eigenvalue weighted by Gasteiger charge is -2.07. The Hall–Kier alpha value is -3.78. The average Bonchev–Trinajstić information content (AvgIpc) is 2.81. The van der Waals surface area contributed by atoms with Gasteiger partial charge >= 0.3 is 0 Å². The summed E-state index contributed by atoms with van der Waals surface area (Å²) in [7, 11) is 0.